The third kappa shape index (κ3) is 14.5. The summed E-state index contributed by atoms with van der Waals surface area (Å²) in [6.45, 7) is 7.26. The van der Waals surface area contributed by atoms with E-state index in [1.807, 2.05) is 0 Å². The van der Waals surface area contributed by atoms with Gasteiger partial charge in [-0.25, -0.2) is 17.6 Å². The largest absolute Gasteiger partial charge is 0.493 e. The summed E-state index contributed by atoms with van der Waals surface area (Å²) in [6, 6.07) is 11.9. The highest BCUT2D eigenvalue weighted by Crippen LogP contribution is 2.37. The molecule has 1 atom stereocenters. The van der Waals surface area contributed by atoms with E-state index in [2.05, 4.69) is 68.6 Å². The minimum absolute atomic E-state index is 0.0265. The summed E-state index contributed by atoms with van der Waals surface area (Å²) in [7, 11) is -18.9. The Labute approximate surface area is 430 Å². The molecule has 0 bridgehead atoms. The molecule has 0 saturated carbocycles. The summed E-state index contributed by atoms with van der Waals surface area (Å²) in [6.07, 6.45) is -1.28. The average molecular weight is 1130 g/mol. The predicted octanol–water partition coefficient (Wildman–Crippen LogP) is 6.86. The van der Waals surface area contributed by atoms with Gasteiger partial charge in [-0.1, -0.05) is 6.58 Å². The number of aromatic hydroxyl groups is 1. The molecule has 6 rings (SSSR count). The van der Waals surface area contributed by atoms with Gasteiger partial charge in [-0.15, -0.1) is 20.5 Å². The van der Waals surface area contributed by atoms with Crippen molar-refractivity contribution in [3.63, 3.8) is 0 Å². The number of pyridine rings is 1. The minimum atomic E-state index is -5.03. The molecule has 2 aromatic heterocycles. The van der Waals surface area contributed by atoms with Crippen LogP contribution in [0, 0.1) is 18.8 Å². The zero-order valence-corrected chi connectivity index (χ0v) is 42.6. The van der Waals surface area contributed by atoms with Gasteiger partial charge < -0.3 is 37.4 Å². The van der Waals surface area contributed by atoms with Crippen LogP contribution >= 0.6 is 0 Å². The molecule has 0 fully saturated rings. The van der Waals surface area contributed by atoms with Crippen molar-refractivity contribution in [2.24, 2.45) is 26.2 Å². The standard InChI is InChI=1S/C42H42F2N14O14S4/c1-5-58-37(59)29(20-74(64,65)66)22(4)36(38(58)60)57-56-33-17-25(8-12-34(33)75(67,68)69)49-42-52-39(44)51-41(53-42)46-19-21(3)47-26-13-23(43)14-27(15-26)48-24-7-10-30(32(16-24)50-40(45)61)54-55-31-11-9-28(73(62,63)6-2)18-35(31)76(70,71)72/h6-18,21,47-48,60H,2,5,19-20H2,1,3-4H3,(H3,45,50,61)(H,64,65,66)(H,67,68,69)(H,70,71,72)(H2,46,49,51,52,53)/b55-54+,57-56+. The Morgan fingerprint density at radius 3 is 2.04 bits per heavy atom. The first kappa shape index (κ1) is 56.9. The Morgan fingerprint density at radius 2 is 1.39 bits per heavy atom. The highest BCUT2D eigenvalue weighted by atomic mass is 32.2. The number of hydrogen-bond donors (Lipinski definition) is 10. The fraction of sp³-hybridized carbons (Fsp3) is 0.167. The lowest BCUT2D eigenvalue weighted by Crippen LogP contribution is -2.26. The van der Waals surface area contributed by atoms with Crippen LogP contribution < -0.4 is 37.9 Å². The molecule has 28 nitrogen and oxygen atoms in total. The quantitative estimate of drug-likeness (QED) is 0.0260. The Balaban J connectivity index is 1.17. The smallest absolute Gasteiger partial charge is 0.316 e. The van der Waals surface area contributed by atoms with Crippen LogP contribution in [0.15, 0.2) is 125 Å². The normalized spacial score (nSPS) is 12.6. The summed E-state index contributed by atoms with van der Waals surface area (Å²) >= 11 is 0. The summed E-state index contributed by atoms with van der Waals surface area (Å²) < 4.78 is 156. The van der Waals surface area contributed by atoms with Gasteiger partial charge in [0.25, 0.3) is 35.9 Å². The fourth-order valence-electron chi connectivity index (χ4n) is 6.82. The van der Waals surface area contributed by atoms with Crippen molar-refractivity contribution in [2.75, 3.05) is 33.1 Å². The molecule has 402 valence electrons. The number of nitrogens with one attached hydrogen (secondary N) is 5. The Morgan fingerprint density at radius 1 is 0.776 bits per heavy atom. The first-order valence-corrected chi connectivity index (χ1v) is 27.3. The number of anilines is 7. The summed E-state index contributed by atoms with van der Waals surface area (Å²) in [5.41, 5.74) is 2.61. The van der Waals surface area contributed by atoms with Crippen LogP contribution in [0.1, 0.15) is 25.0 Å². The van der Waals surface area contributed by atoms with Crippen molar-refractivity contribution in [1.29, 1.82) is 0 Å². The number of nitrogens with two attached hydrogens (primary N) is 1. The van der Waals surface area contributed by atoms with Gasteiger partial charge in [0.2, 0.25) is 17.8 Å². The number of benzene rings is 4. The maximum absolute atomic E-state index is 15.0. The van der Waals surface area contributed by atoms with E-state index in [0.29, 0.717) is 11.5 Å². The van der Waals surface area contributed by atoms with Crippen LogP contribution in [-0.2, 0) is 52.5 Å². The molecule has 0 aliphatic heterocycles. The molecule has 11 N–H and O–H groups in total. The Kier molecular flexibility index (Phi) is 16.9. The lowest BCUT2D eigenvalue weighted by atomic mass is 10.1. The number of primary amides is 1. The molecule has 76 heavy (non-hydrogen) atoms. The van der Waals surface area contributed by atoms with Gasteiger partial charge in [0, 0.05) is 52.9 Å². The maximum atomic E-state index is 15.0. The van der Waals surface area contributed by atoms with Gasteiger partial charge in [-0.2, -0.15) is 44.6 Å². The van der Waals surface area contributed by atoms with Crippen molar-refractivity contribution in [1.82, 2.24) is 19.5 Å². The molecular weight excluding hydrogens is 1090 g/mol. The SMILES string of the molecule is C=CS(=O)(=O)c1ccc(/N=N/c2ccc(Nc3cc(F)cc(NC(C)CNc4nc(F)nc(Nc5ccc(S(=O)(=O)O)c(/N=N/c6c(C)c(CS(=O)(=O)O)c(=O)n(CC)c6O)c5)n4)c3)cc2NC(N)=O)c(S(=O)(=O)O)c1. The molecule has 34 heteroatoms. The van der Waals surface area contributed by atoms with Crippen molar-refractivity contribution < 1.29 is 66.0 Å². The number of carbonyl (C=O) groups excluding carboxylic acids is 1. The van der Waals surface area contributed by atoms with E-state index in [0.717, 1.165) is 47.0 Å². The number of hydrogen-bond acceptors (Lipinski definition) is 22. The molecule has 0 aliphatic rings. The van der Waals surface area contributed by atoms with Crippen molar-refractivity contribution in [2.45, 2.75) is 53.8 Å². The first-order chi connectivity index (χ1) is 35.4. The average Bonchev–Trinajstić information content (AvgIpc) is 3.30. The van der Waals surface area contributed by atoms with E-state index in [-0.39, 0.29) is 58.7 Å². The van der Waals surface area contributed by atoms with Crippen LogP contribution in [0.2, 0.25) is 0 Å². The lowest BCUT2D eigenvalue weighted by molar-refractivity contribution is 0.259. The van der Waals surface area contributed by atoms with Crippen LogP contribution in [0.5, 0.6) is 5.88 Å². The zero-order valence-electron chi connectivity index (χ0n) is 39.3. The van der Waals surface area contributed by atoms with E-state index < -0.39 is 125 Å². The molecule has 1 unspecified atom stereocenters. The summed E-state index contributed by atoms with van der Waals surface area (Å²) in [5.74, 6) is -3.38. The third-order valence-corrected chi connectivity index (χ3v) is 14.0. The zero-order chi connectivity index (χ0) is 56.1. The van der Waals surface area contributed by atoms with Gasteiger partial charge in [0.15, 0.2) is 9.84 Å². The number of halogens is 2. The molecule has 4 aromatic carbocycles. The van der Waals surface area contributed by atoms with Gasteiger partial charge in [0.05, 0.1) is 10.6 Å². The van der Waals surface area contributed by atoms with Gasteiger partial charge in [0.1, 0.15) is 44.1 Å². The highest BCUT2D eigenvalue weighted by Gasteiger charge is 2.24. The summed E-state index contributed by atoms with van der Waals surface area (Å²) in [5, 5.41) is 40.6. The fourth-order valence-corrected chi connectivity index (χ4v) is 9.59. The second-order valence-electron chi connectivity index (χ2n) is 15.8. The van der Waals surface area contributed by atoms with E-state index in [1.54, 1.807) is 6.92 Å². The molecular formula is C42H42F2N14O14S4. The number of sulfone groups is 1. The van der Waals surface area contributed by atoms with E-state index in [9.17, 15) is 70.8 Å². The third-order valence-electron chi connectivity index (χ3n) is 10.2. The van der Waals surface area contributed by atoms with Crippen LogP contribution in [0.25, 0.3) is 0 Å². The van der Waals surface area contributed by atoms with Crippen molar-refractivity contribution in [3.8, 4) is 5.88 Å². The van der Waals surface area contributed by atoms with Gasteiger partial charge in [-0.05, 0) is 99.1 Å². The number of amides is 2. The van der Waals surface area contributed by atoms with Crippen LogP contribution in [-0.4, -0.2) is 90.6 Å². The second kappa shape index (κ2) is 22.6. The topological polar surface area (TPSA) is 431 Å². The number of urea groups is 1. The lowest BCUT2D eigenvalue weighted by Gasteiger charge is -2.18. The number of azo groups is 2. The highest BCUT2D eigenvalue weighted by molar-refractivity contribution is 7.94. The predicted molar refractivity (Wildman–Crippen MR) is 270 cm³/mol. The van der Waals surface area contributed by atoms with Gasteiger partial charge in [-0.3, -0.25) is 23.0 Å². The van der Waals surface area contributed by atoms with E-state index in [4.69, 9.17) is 5.73 Å². The molecule has 2 heterocycles. The van der Waals surface area contributed by atoms with E-state index in [1.165, 1.54) is 38.1 Å². The van der Waals surface area contributed by atoms with Crippen LogP contribution in [0.3, 0.4) is 0 Å². The number of aromatic nitrogens is 4. The van der Waals surface area contributed by atoms with Crippen molar-refractivity contribution >= 4 is 109 Å². The van der Waals surface area contributed by atoms with E-state index >= 15 is 0 Å². The number of carbonyl (C=O) groups is 1. The van der Waals surface area contributed by atoms with Crippen LogP contribution in [0.4, 0.5) is 76.7 Å². The molecule has 2 amide bonds. The Hall–Kier alpha value is -8.41. The Bertz CT molecular complexity index is 3900. The molecule has 0 saturated heterocycles. The van der Waals surface area contributed by atoms with Crippen molar-refractivity contribution in [3.05, 3.63) is 118 Å². The minimum Gasteiger partial charge on any atom is -0.493 e. The molecule has 6 aromatic rings. The number of nitrogens with zero attached hydrogens (tertiary/aromatic N) is 8. The maximum Gasteiger partial charge on any atom is 0.316 e. The first-order valence-electron chi connectivity index (χ1n) is 21.3. The second-order valence-corrected chi connectivity index (χ2v) is 21.9. The molecule has 0 radical (unpaired) electrons. The molecule has 0 spiro atoms. The summed E-state index contributed by atoms with van der Waals surface area (Å²) in [4.78, 5) is 33.9. The number of rotatable bonds is 21. The molecule has 0 aliphatic carbocycles. The monoisotopic (exact) mass is 1130 g/mol. The van der Waals surface area contributed by atoms with Gasteiger partial charge >= 0.3 is 12.1 Å².